The van der Waals surface area contributed by atoms with Gasteiger partial charge < -0.3 is 10.6 Å². The summed E-state index contributed by atoms with van der Waals surface area (Å²) in [5.74, 6) is 0.519. The van der Waals surface area contributed by atoms with Gasteiger partial charge in [0.05, 0.1) is 0 Å². The normalized spacial score (nSPS) is 12.2. The molecule has 0 bridgehead atoms. The Hall–Kier alpha value is -1.51. The third-order valence-corrected chi connectivity index (χ3v) is 2.23. The number of carbonyl (C=O) groups is 1. The van der Waals surface area contributed by atoms with Crippen molar-refractivity contribution < 1.29 is 4.79 Å². The van der Waals surface area contributed by atoms with Crippen LogP contribution in [0.5, 0.6) is 0 Å². The molecule has 0 radical (unpaired) electrons. The first-order chi connectivity index (χ1) is 7.59. The van der Waals surface area contributed by atoms with Crippen LogP contribution in [0.15, 0.2) is 30.3 Å². The van der Waals surface area contributed by atoms with Crippen LogP contribution in [-0.2, 0) is 4.79 Å². The van der Waals surface area contributed by atoms with Gasteiger partial charge in [0.25, 0.3) is 0 Å². The molecule has 1 unspecified atom stereocenters. The van der Waals surface area contributed by atoms with E-state index in [4.69, 9.17) is 0 Å². The molecule has 0 spiro atoms. The van der Waals surface area contributed by atoms with E-state index in [-0.39, 0.29) is 11.9 Å². The van der Waals surface area contributed by atoms with Gasteiger partial charge in [-0.15, -0.1) is 0 Å². The Labute approximate surface area is 97.2 Å². The number of benzene rings is 1. The zero-order chi connectivity index (χ0) is 12.0. The highest BCUT2D eigenvalue weighted by Crippen LogP contribution is 2.06. The summed E-state index contributed by atoms with van der Waals surface area (Å²) >= 11 is 0. The molecule has 0 saturated heterocycles. The van der Waals surface area contributed by atoms with Crippen molar-refractivity contribution in [2.24, 2.45) is 5.92 Å². The van der Waals surface area contributed by atoms with Gasteiger partial charge in [-0.3, -0.25) is 4.79 Å². The molecule has 3 heteroatoms. The van der Waals surface area contributed by atoms with Gasteiger partial charge in [0.2, 0.25) is 5.91 Å². The molecule has 0 aliphatic rings. The van der Waals surface area contributed by atoms with Gasteiger partial charge in [0.1, 0.15) is 6.04 Å². The summed E-state index contributed by atoms with van der Waals surface area (Å²) in [7, 11) is 0. The predicted molar refractivity (Wildman–Crippen MR) is 67.4 cm³/mol. The summed E-state index contributed by atoms with van der Waals surface area (Å²) in [5, 5.41) is 6.05. The van der Waals surface area contributed by atoms with Crippen LogP contribution in [0.3, 0.4) is 0 Å². The molecule has 1 rings (SSSR count). The Morgan fingerprint density at radius 2 is 1.81 bits per heavy atom. The standard InChI is InChI=1S/C13H20N2O/c1-10(2)9-14-13(16)11(3)15-12-7-5-4-6-8-12/h4-8,10-11,15H,9H2,1-3H3,(H,14,16). The second-order valence-corrected chi connectivity index (χ2v) is 4.37. The van der Waals surface area contributed by atoms with Crippen LogP contribution in [0.2, 0.25) is 0 Å². The molecular formula is C13H20N2O. The van der Waals surface area contributed by atoms with Crippen LogP contribution >= 0.6 is 0 Å². The number of para-hydroxylation sites is 1. The van der Waals surface area contributed by atoms with Crippen molar-refractivity contribution in [3.63, 3.8) is 0 Å². The summed E-state index contributed by atoms with van der Waals surface area (Å²) in [5.41, 5.74) is 0.967. The van der Waals surface area contributed by atoms with Crippen LogP contribution in [0.25, 0.3) is 0 Å². The van der Waals surface area contributed by atoms with Gasteiger partial charge >= 0.3 is 0 Å². The van der Waals surface area contributed by atoms with Gasteiger partial charge in [-0.2, -0.15) is 0 Å². The monoisotopic (exact) mass is 220 g/mol. The molecule has 0 saturated carbocycles. The largest absolute Gasteiger partial charge is 0.374 e. The Morgan fingerprint density at radius 1 is 1.19 bits per heavy atom. The molecule has 2 N–H and O–H groups in total. The van der Waals surface area contributed by atoms with Crippen molar-refractivity contribution in [1.29, 1.82) is 0 Å². The number of nitrogens with one attached hydrogen (secondary N) is 2. The Bertz CT molecular complexity index is 322. The van der Waals surface area contributed by atoms with E-state index in [1.54, 1.807) is 0 Å². The van der Waals surface area contributed by atoms with Crippen LogP contribution in [0, 0.1) is 5.92 Å². The van der Waals surface area contributed by atoms with Crippen molar-refractivity contribution in [1.82, 2.24) is 5.32 Å². The fourth-order valence-electron chi connectivity index (χ4n) is 1.31. The first kappa shape index (κ1) is 12.6. The highest BCUT2D eigenvalue weighted by atomic mass is 16.2. The van der Waals surface area contributed by atoms with E-state index in [1.165, 1.54) is 0 Å². The lowest BCUT2D eigenvalue weighted by Crippen LogP contribution is -2.39. The second kappa shape index (κ2) is 6.16. The minimum atomic E-state index is -0.207. The van der Waals surface area contributed by atoms with Gasteiger partial charge in [0, 0.05) is 12.2 Å². The molecular weight excluding hydrogens is 200 g/mol. The lowest BCUT2D eigenvalue weighted by Gasteiger charge is -2.16. The molecule has 0 aliphatic carbocycles. The number of rotatable bonds is 5. The SMILES string of the molecule is CC(C)CNC(=O)C(C)Nc1ccccc1. The Balaban J connectivity index is 2.40. The van der Waals surface area contributed by atoms with E-state index in [1.807, 2.05) is 37.3 Å². The molecule has 1 aromatic carbocycles. The maximum atomic E-state index is 11.7. The smallest absolute Gasteiger partial charge is 0.242 e. The van der Waals surface area contributed by atoms with Gasteiger partial charge in [-0.05, 0) is 25.0 Å². The number of amides is 1. The van der Waals surface area contributed by atoms with Crippen LogP contribution in [0.4, 0.5) is 5.69 Å². The van der Waals surface area contributed by atoms with Crippen molar-refractivity contribution in [3.05, 3.63) is 30.3 Å². The molecule has 0 aliphatic heterocycles. The quantitative estimate of drug-likeness (QED) is 0.799. The summed E-state index contributed by atoms with van der Waals surface area (Å²) in [4.78, 5) is 11.7. The fourth-order valence-corrected chi connectivity index (χ4v) is 1.31. The van der Waals surface area contributed by atoms with E-state index in [9.17, 15) is 4.79 Å². The lowest BCUT2D eigenvalue weighted by molar-refractivity contribution is -0.121. The van der Waals surface area contributed by atoms with E-state index in [0.717, 1.165) is 12.2 Å². The summed E-state index contributed by atoms with van der Waals surface area (Å²) < 4.78 is 0. The molecule has 3 nitrogen and oxygen atoms in total. The summed E-state index contributed by atoms with van der Waals surface area (Å²) in [6.07, 6.45) is 0. The van der Waals surface area contributed by atoms with Gasteiger partial charge in [-0.25, -0.2) is 0 Å². The number of hydrogen-bond donors (Lipinski definition) is 2. The molecule has 16 heavy (non-hydrogen) atoms. The third kappa shape index (κ3) is 4.34. The highest BCUT2D eigenvalue weighted by Gasteiger charge is 2.11. The fraction of sp³-hybridized carbons (Fsp3) is 0.462. The zero-order valence-corrected chi connectivity index (χ0v) is 10.2. The minimum Gasteiger partial charge on any atom is -0.374 e. The topological polar surface area (TPSA) is 41.1 Å². The first-order valence-electron chi connectivity index (χ1n) is 5.69. The maximum Gasteiger partial charge on any atom is 0.242 e. The molecule has 0 heterocycles. The lowest BCUT2D eigenvalue weighted by atomic mass is 10.2. The highest BCUT2D eigenvalue weighted by molar-refractivity contribution is 5.84. The van der Waals surface area contributed by atoms with E-state index < -0.39 is 0 Å². The van der Waals surface area contributed by atoms with Crippen LogP contribution < -0.4 is 10.6 Å². The van der Waals surface area contributed by atoms with E-state index in [0.29, 0.717) is 5.92 Å². The summed E-state index contributed by atoms with van der Waals surface area (Å²) in [6, 6.07) is 9.54. The molecule has 0 aromatic heterocycles. The zero-order valence-electron chi connectivity index (χ0n) is 10.2. The van der Waals surface area contributed by atoms with Crippen molar-refractivity contribution >= 4 is 11.6 Å². The minimum absolute atomic E-state index is 0.0394. The van der Waals surface area contributed by atoms with Crippen LogP contribution in [-0.4, -0.2) is 18.5 Å². The van der Waals surface area contributed by atoms with E-state index in [2.05, 4.69) is 24.5 Å². The first-order valence-corrected chi connectivity index (χ1v) is 5.69. The van der Waals surface area contributed by atoms with Crippen LogP contribution in [0.1, 0.15) is 20.8 Å². The Kier molecular flexibility index (Phi) is 4.83. The van der Waals surface area contributed by atoms with Gasteiger partial charge in [0.15, 0.2) is 0 Å². The van der Waals surface area contributed by atoms with Crippen molar-refractivity contribution in [2.75, 3.05) is 11.9 Å². The molecule has 1 aromatic rings. The number of hydrogen-bond acceptors (Lipinski definition) is 2. The van der Waals surface area contributed by atoms with E-state index >= 15 is 0 Å². The third-order valence-electron chi connectivity index (χ3n) is 2.23. The molecule has 1 atom stereocenters. The van der Waals surface area contributed by atoms with Gasteiger partial charge in [-0.1, -0.05) is 32.0 Å². The average molecular weight is 220 g/mol. The molecule has 0 fully saturated rings. The molecule has 1 amide bonds. The number of anilines is 1. The number of carbonyl (C=O) groups excluding carboxylic acids is 1. The Morgan fingerprint density at radius 3 is 2.38 bits per heavy atom. The summed E-state index contributed by atoms with van der Waals surface area (Å²) in [6.45, 7) is 6.74. The van der Waals surface area contributed by atoms with Crippen molar-refractivity contribution in [3.8, 4) is 0 Å². The van der Waals surface area contributed by atoms with Crippen molar-refractivity contribution in [2.45, 2.75) is 26.8 Å². The average Bonchev–Trinajstić information content (AvgIpc) is 2.27. The molecule has 88 valence electrons. The second-order valence-electron chi connectivity index (χ2n) is 4.37. The maximum absolute atomic E-state index is 11.7. The predicted octanol–water partition coefficient (Wildman–Crippen LogP) is 2.26.